The summed E-state index contributed by atoms with van der Waals surface area (Å²) in [5.41, 5.74) is 2.70. The van der Waals surface area contributed by atoms with Gasteiger partial charge in [0.2, 0.25) is 0 Å². The largest absolute Gasteiger partial charge is 0.508 e. The van der Waals surface area contributed by atoms with E-state index in [0.29, 0.717) is 17.5 Å². The molecule has 1 unspecified atom stereocenters. The maximum Gasteiger partial charge on any atom is 0.174 e. The van der Waals surface area contributed by atoms with Gasteiger partial charge in [-0.25, -0.2) is 0 Å². The predicted octanol–water partition coefficient (Wildman–Crippen LogP) is 4.33. The van der Waals surface area contributed by atoms with Crippen LogP contribution in [-0.2, 0) is 6.42 Å². The molecule has 0 saturated carbocycles. The molecular formula is C21H22O5. The summed E-state index contributed by atoms with van der Waals surface area (Å²) in [5.74, 6) is -0.155. The molecule has 1 heterocycles. The first-order chi connectivity index (χ1) is 12.3. The molecule has 0 bridgehead atoms. The highest BCUT2D eigenvalue weighted by atomic mass is 16.5. The molecule has 136 valence electrons. The normalized spacial score (nSPS) is 16.0. The number of benzene rings is 2. The van der Waals surface area contributed by atoms with E-state index in [9.17, 15) is 20.1 Å². The summed E-state index contributed by atoms with van der Waals surface area (Å²) in [4.78, 5) is 12.7. The van der Waals surface area contributed by atoms with Gasteiger partial charge in [0.1, 0.15) is 34.7 Å². The van der Waals surface area contributed by atoms with Crippen molar-refractivity contribution >= 4 is 5.78 Å². The monoisotopic (exact) mass is 354 g/mol. The van der Waals surface area contributed by atoms with Crippen molar-refractivity contribution in [2.45, 2.75) is 39.7 Å². The lowest BCUT2D eigenvalue weighted by Gasteiger charge is -2.28. The van der Waals surface area contributed by atoms with Crippen LogP contribution < -0.4 is 4.74 Å². The minimum absolute atomic E-state index is 0.0575. The van der Waals surface area contributed by atoms with Crippen LogP contribution in [0.25, 0.3) is 0 Å². The number of Topliss-reactive ketones (excluding diaryl/α,β-unsaturated/α-hetero) is 1. The van der Waals surface area contributed by atoms with Gasteiger partial charge < -0.3 is 20.1 Å². The molecule has 0 aliphatic carbocycles. The van der Waals surface area contributed by atoms with E-state index in [1.807, 2.05) is 19.9 Å². The first kappa shape index (κ1) is 17.9. The van der Waals surface area contributed by atoms with Crippen molar-refractivity contribution in [1.82, 2.24) is 0 Å². The number of ketones is 1. The molecule has 1 aliphatic heterocycles. The van der Waals surface area contributed by atoms with Crippen LogP contribution >= 0.6 is 0 Å². The lowest BCUT2D eigenvalue weighted by atomic mass is 9.90. The van der Waals surface area contributed by atoms with E-state index in [2.05, 4.69) is 0 Å². The van der Waals surface area contributed by atoms with Crippen LogP contribution in [0.5, 0.6) is 23.0 Å². The highest BCUT2D eigenvalue weighted by molar-refractivity contribution is 6.04. The van der Waals surface area contributed by atoms with Gasteiger partial charge in [0.05, 0.1) is 6.42 Å². The smallest absolute Gasteiger partial charge is 0.174 e. The number of aromatic hydroxyl groups is 3. The Labute approximate surface area is 152 Å². The van der Waals surface area contributed by atoms with E-state index in [-0.39, 0.29) is 40.8 Å². The molecule has 0 saturated heterocycles. The molecular weight excluding hydrogens is 332 g/mol. The molecule has 5 nitrogen and oxygen atoms in total. The fraction of sp³-hybridized carbons (Fsp3) is 0.286. The Morgan fingerprint density at radius 1 is 1.15 bits per heavy atom. The summed E-state index contributed by atoms with van der Waals surface area (Å²) < 4.78 is 5.96. The van der Waals surface area contributed by atoms with Crippen LogP contribution in [0.3, 0.4) is 0 Å². The molecule has 0 aromatic heterocycles. The van der Waals surface area contributed by atoms with Crippen LogP contribution in [0.1, 0.15) is 53.4 Å². The number of fused-ring (bicyclic) bond motifs is 1. The van der Waals surface area contributed by atoms with E-state index in [4.69, 9.17) is 4.74 Å². The predicted molar refractivity (Wildman–Crippen MR) is 98.1 cm³/mol. The molecule has 5 heteroatoms. The zero-order chi connectivity index (χ0) is 19.0. The molecule has 26 heavy (non-hydrogen) atoms. The third-order valence-corrected chi connectivity index (χ3v) is 4.62. The highest BCUT2D eigenvalue weighted by Gasteiger charge is 2.34. The summed E-state index contributed by atoms with van der Waals surface area (Å²) in [7, 11) is 0. The van der Waals surface area contributed by atoms with Crippen molar-refractivity contribution < 1.29 is 24.9 Å². The minimum atomic E-state index is -0.531. The fourth-order valence-electron chi connectivity index (χ4n) is 3.13. The average molecular weight is 354 g/mol. The quantitative estimate of drug-likeness (QED) is 0.714. The van der Waals surface area contributed by atoms with Gasteiger partial charge in [-0.05, 0) is 44.9 Å². The Morgan fingerprint density at radius 2 is 1.81 bits per heavy atom. The standard InChI is InChI=1S/C21H22O5/c1-11(2)4-9-15-19(24)12(3)21-18(20(15)25)16(23)10-17(26-21)13-5-7-14(22)8-6-13/h4-8,17,22,24-25H,9-10H2,1-3H3. The van der Waals surface area contributed by atoms with Gasteiger partial charge in [0.25, 0.3) is 0 Å². The summed E-state index contributed by atoms with van der Waals surface area (Å²) in [6.45, 7) is 5.53. The number of rotatable bonds is 3. The van der Waals surface area contributed by atoms with Crippen molar-refractivity contribution in [2.24, 2.45) is 0 Å². The van der Waals surface area contributed by atoms with Crippen molar-refractivity contribution in [1.29, 1.82) is 0 Å². The summed E-state index contributed by atoms with van der Waals surface area (Å²) in [5, 5.41) is 30.5. The number of carbonyl (C=O) groups is 1. The molecule has 0 fully saturated rings. The highest BCUT2D eigenvalue weighted by Crippen LogP contribution is 2.47. The second kappa shape index (κ2) is 6.75. The lowest BCUT2D eigenvalue weighted by Crippen LogP contribution is -2.21. The minimum Gasteiger partial charge on any atom is -0.508 e. The molecule has 3 N–H and O–H groups in total. The number of hydrogen-bond acceptors (Lipinski definition) is 5. The van der Waals surface area contributed by atoms with Gasteiger partial charge in [-0.2, -0.15) is 0 Å². The van der Waals surface area contributed by atoms with Gasteiger partial charge in [0, 0.05) is 11.1 Å². The molecule has 1 atom stereocenters. The second-order valence-electron chi connectivity index (χ2n) is 6.82. The molecule has 2 aromatic rings. The molecule has 2 aromatic carbocycles. The van der Waals surface area contributed by atoms with Gasteiger partial charge in [-0.15, -0.1) is 0 Å². The Hall–Kier alpha value is -2.95. The molecule has 0 spiro atoms. The summed E-state index contributed by atoms with van der Waals surface area (Å²) >= 11 is 0. The summed E-state index contributed by atoms with van der Waals surface area (Å²) in [6, 6.07) is 6.44. The number of ether oxygens (including phenoxy) is 1. The van der Waals surface area contributed by atoms with E-state index in [0.717, 1.165) is 11.1 Å². The SMILES string of the molecule is CC(C)=CCc1c(O)c(C)c2c(c1O)C(=O)CC(c1ccc(O)cc1)O2. The van der Waals surface area contributed by atoms with Crippen molar-refractivity contribution in [2.75, 3.05) is 0 Å². The first-order valence-corrected chi connectivity index (χ1v) is 8.49. The number of phenols is 3. The number of allylic oxidation sites excluding steroid dienone is 2. The van der Waals surface area contributed by atoms with Gasteiger partial charge >= 0.3 is 0 Å². The van der Waals surface area contributed by atoms with Gasteiger partial charge in [-0.3, -0.25) is 4.79 Å². The molecule has 0 radical (unpaired) electrons. The first-order valence-electron chi connectivity index (χ1n) is 8.49. The zero-order valence-corrected chi connectivity index (χ0v) is 15.0. The summed E-state index contributed by atoms with van der Waals surface area (Å²) in [6.07, 6.45) is 1.77. The Balaban J connectivity index is 2.06. The fourth-order valence-corrected chi connectivity index (χ4v) is 3.13. The van der Waals surface area contributed by atoms with Crippen LogP contribution in [-0.4, -0.2) is 21.1 Å². The van der Waals surface area contributed by atoms with Crippen LogP contribution in [0.15, 0.2) is 35.9 Å². The van der Waals surface area contributed by atoms with E-state index in [1.165, 1.54) is 12.1 Å². The van der Waals surface area contributed by atoms with Crippen LogP contribution in [0.4, 0.5) is 0 Å². The molecule has 0 amide bonds. The van der Waals surface area contributed by atoms with Gasteiger partial charge in [0.15, 0.2) is 5.78 Å². The Kier molecular flexibility index (Phi) is 4.64. The molecule has 3 rings (SSSR count). The van der Waals surface area contributed by atoms with E-state index in [1.54, 1.807) is 19.1 Å². The number of carbonyl (C=O) groups excluding carboxylic acids is 1. The Morgan fingerprint density at radius 3 is 2.42 bits per heavy atom. The molecule has 1 aliphatic rings. The maximum absolute atomic E-state index is 12.7. The van der Waals surface area contributed by atoms with E-state index < -0.39 is 6.10 Å². The average Bonchev–Trinajstić information content (AvgIpc) is 2.59. The van der Waals surface area contributed by atoms with Crippen molar-refractivity contribution in [3.8, 4) is 23.0 Å². The zero-order valence-electron chi connectivity index (χ0n) is 15.0. The third kappa shape index (κ3) is 3.12. The van der Waals surface area contributed by atoms with Crippen molar-refractivity contribution in [3.63, 3.8) is 0 Å². The van der Waals surface area contributed by atoms with Crippen molar-refractivity contribution in [3.05, 3.63) is 58.2 Å². The third-order valence-electron chi connectivity index (χ3n) is 4.62. The number of hydrogen-bond donors (Lipinski definition) is 3. The van der Waals surface area contributed by atoms with E-state index >= 15 is 0 Å². The van der Waals surface area contributed by atoms with Gasteiger partial charge in [-0.1, -0.05) is 23.8 Å². The second-order valence-corrected chi connectivity index (χ2v) is 6.82. The Bertz CT molecular complexity index is 890. The topological polar surface area (TPSA) is 87.0 Å². The van der Waals surface area contributed by atoms with Crippen LogP contribution in [0, 0.1) is 6.92 Å². The maximum atomic E-state index is 12.7. The lowest BCUT2D eigenvalue weighted by molar-refractivity contribution is 0.0842. The van der Waals surface area contributed by atoms with Crippen LogP contribution in [0.2, 0.25) is 0 Å². The number of phenolic OH excluding ortho intramolecular Hbond substituents is 3.